The number of aryl methyl sites for hydroxylation is 1. The second kappa shape index (κ2) is 6.16. The van der Waals surface area contributed by atoms with Crippen molar-refractivity contribution in [2.75, 3.05) is 25.0 Å². The highest BCUT2D eigenvalue weighted by Crippen LogP contribution is 2.07. The molecule has 0 aliphatic heterocycles. The fourth-order valence-corrected chi connectivity index (χ4v) is 1.12. The predicted molar refractivity (Wildman–Crippen MR) is 59.8 cm³/mol. The molecule has 3 N–H and O–H groups in total. The van der Waals surface area contributed by atoms with E-state index in [-0.39, 0.29) is 19.1 Å². The molecule has 0 fully saturated rings. The number of carbonyl (C=O) groups excluding carboxylic acids is 1. The number of nitrogens with one attached hydrogen (secondary N) is 2. The molecule has 0 heterocycles. The number of amides is 1. The van der Waals surface area contributed by atoms with Crippen LogP contribution in [0.1, 0.15) is 5.56 Å². The van der Waals surface area contributed by atoms with E-state index in [4.69, 9.17) is 5.11 Å². The normalized spacial score (nSPS) is 10.0. The molecule has 0 bridgehead atoms. The number of rotatable bonds is 5. The van der Waals surface area contributed by atoms with Crippen LogP contribution >= 0.6 is 0 Å². The summed E-state index contributed by atoms with van der Waals surface area (Å²) < 4.78 is 0. The Hall–Kier alpha value is -1.39. The first-order chi connectivity index (χ1) is 7.22. The van der Waals surface area contributed by atoms with E-state index >= 15 is 0 Å². The molecule has 15 heavy (non-hydrogen) atoms. The first-order valence-corrected chi connectivity index (χ1v) is 4.90. The molecule has 0 aliphatic rings. The Labute approximate surface area is 89.3 Å². The average Bonchev–Trinajstić information content (AvgIpc) is 2.22. The summed E-state index contributed by atoms with van der Waals surface area (Å²) in [6, 6.07) is 7.60. The number of aliphatic hydroxyl groups excluding tert-OH is 1. The van der Waals surface area contributed by atoms with Crippen LogP contribution < -0.4 is 10.6 Å². The van der Waals surface area contributed by atoms with Gasteiger partial charge in [0.05, 0.1) is 13.2 Å². The maximum Gasteiger partial charge on any atom is 0.238 e. The molecule has 0 radical (unpaired) electrons. The Morgan fingerprint density at radius 1 is 1.33 bits per heavy atom. The number of benzene rings is 1. The highest BCUT2D eigenvalue weighted by molar-refractivity contribution is 5.92. The fraction of sp³-hybridized carbons (Fsp3) is 0.364. The average molecular weight is 208 g/mol. The topological polar surface area (TPSA) is 61.4 Å². The molecule has 0 saturated carbocycles. The van der Waals surface area contributed by atoms with Crippen molar-refractivity contribution in [3.05, 3.63) is 29.8 Å². The third kappa shape index (κ3) is 4.58. The lowest BCUT2D eigenvalue weighted by molar-refractivity contribution is -0.115. The number of hydrogen-bond donors (Lipinski definition) is 3. The van der Waals surface area contributed by atoms with Gasteiger partial charge in [-0.3, -0.25) is 4.79 Å². The van der Waals surface area contributed by atoms with Gasteiger partial charge in [-0.2, -0.15) is 0 Å². The second-order valence-electron chi connectivity index (χ2n) is 3.31. The molecule has 0 aromatic heterocycles. The number of hydrogen-bond acceptors (Lipinski definition) is 3. The minimum atomic E-state index is -0.104. The summed E-state index contributed by atoms with van der Waals surface area (Å²) in [6.45, 7) is 2.68. The van der Waals surface area contributed by atoms with Gasteiger partial charge in [-0.15, -0.1) is 0 Å². The molecule has 0 spiro atoms. The van der Waals surface area contributed by atoms with Crippen molar-refractivity contribution < 1.29 is 9.90 Å². The quantitative estimate of drug-likeness (QED) is 0.618. The number of carbonyl (C=O) groups is 1. The Kier molecular flexibility index (Phi) is 4.80. The second-order valence-corrected chi connectivity index (χ2v) is 3.31. The lowest BCUT2D eigenvalue weighted by Gasteiger charge is -2.05. The maximum absolute atomic E-state index is 11.3. The van der Waals surface area contributed by atoms with Crippen molar-refractivity contribution in [2.45, 2.75) is 6.92 Å². The molecule has 0 aliphatic carbocycles. The molecule has 4 heteroatoms. The van der Waals surface area contributed by atoms with Crippen LogP contribution in [0, 0.1) is 6.92 Å². The number of aliphatic hydroxyl groups is 1. The largest absolute Gasteiger partial charge is 0.395 e. The van der Waals surface area contributed by atoms with Gasteiger partial charge in [0, 0.05) is 12.2 Å². The summed E-state index contributed by atoms with van der Waals surface area (Å²) in [7, 11) is 0. The zero-order valence-electron chi connectivity index (χ0n) is 8.79. The molecule has 0 unspecified atom stereocenters. The van der Waals surface area contributed by atoms with Crippen molar-refractivity contribution >= 4 is 11.6 Å². The fourth-order valence-electron chi connectivity index (χ4n) is 1.12. The van der Waals surface area contributed by atoms with E-state index in [9.17, 15) is 4.79 Å². The van der Waals surface area contributed by atoms with Crippen LogP contribution in [0.2, 0.25) is 0 Å². The summed E-state index contributed by atoms with van der Waals surface area (Å²) in [5.74, 6) is -0.104. The Bertz CT molecular complexity index is 309. The number of anilines is 1. The molecular formula is C11H16N2O2. The van der Waals surface area contributed by atoms with Crippen molar-refractivity contribution in [1.29, 1.82) is 0 Å². The van der Waals surface area contributed by atoms with Gasteiger partial charge in [-0.1, -0.05) is 17.7 Å². The van der Waals surface area contributed by atoms with E-state index in [1.165, 1.54) is 0 Å². The van der Waals surface area contributed by atoms with Gasteiger partial charge in [0.15, 0.2) is 0 Å². The molecule has 1 amide bonds. The molecule has 1 rings (SSSR count). The van der Waals surface area contributed by atoms with Gasteiger partial charge in [0.2, 0.25) is 5.91 Å². The Morgan fingerprint density at radius 3 is 2.60 bits per heavy atom. The summed E-state index contributed by atoms with van der Waals surface area (Å²) in [5.41, 5.74) is 1.95. The van der Waals surface area contributed by atoms with E-state index in [2.05, 4.69) is 10.6 Å². The van der Waals surface area contributed by atoms with E-state index in [1.54, 1.807) is 0 Å². The molecule has 1 aromatic carbocycles. The molecule has 4 nitrogen and oxygen atoms in total. The van der Waals surface area contributed by atoms with Gasteiger partial charge in [-0.05, 0) is 19.1 Å². The maximum atomic E-state index is 11.3. The van der Waals surface area contributed by atoms with Gasteiger partial charge >= 0.3 is 0 Å². The van der Waals surface area contributed by atoms with Gasteiger partial charge < -0.3 is 15.7 Å². The molecule has 0 saturated heterocycles. The zero-order valence-corrected chi connectivity index (χ0v) is 8.79. The van der Waals surface area contributed by atoms with E-state index in [0.29, 0.717) is 6.54 Å². The highest BCUT2D eigenvalue weighted by atomic mass is 16.3. The van der Waals surface area contributed by atoms with Crippen LogP contribution in [0.5, 0.6) is 0 Å². The molecular weight excluding hydrogens is 192 g/mol. The van der Waals surface area contributed by atoms with Gasteiger partial charge in [0.25, 0.3) is 0 Å². The predicted octanol–water partition coefficient (Wildman–Crippen LogP) is 0.515. The summed E-state index contributed by atoms with van der Waals surface area (Å²) in [4.78, 5) is 11.3. The lowest BCUT2D eigenvalue weighted by atomic mass is 10.2. The third-order valence-electron chi connectivity index (χ3n) is 1.91. The Morgan fingerprint density at radius 2 is 2.00 bits per heavy atom. The molecule has 82 valence electrons. The highest BCUT2D eigenvalue weighted by Gasteiger charge is 2.00. The first kappa shape index (κ1) is 11.7. The Balaban J connectivity index is 2.34. The van der Waals surface area contributed by atoms with Crippen molar-refractivity contribution in [3.63, 3.8) is 0 Å². The van der Waals surface area contributed by atoms with Crippen LogP contribution in [0.15, 0.2) is 24.3 Å². The minimum absolute atomic E-state index is 0.0395. The molecule has 0 atom stereocenters. The smallest absolute Gasteiger partial charge is 0.238 e. The lowest BCUT2D eigenvalue weighted by Crippen LogP contribution is -2.29. The van der Waals surface area contributed by atoms with E-state index < -0.39 is 0 Å². The van der Waals surface area contributed by atoms with Gasteiger partial charge in [-0.25, -0.2) is 0 Å². The van der Waals surface area contributed by atoms with Crippen LogP contribution in [0.3, 0.4) is 0 Å². The van der Waals surface area contributed by atoms with Crippen molar-refractivity contribution in [3.8, 4) is 0 Å². The van der Waals surface area contributed by atoms with Crippen molar-refractivity contribution in [2.24, 2.45) is 0 Å². The van der Waals surface area contributed by atoms with E-state index in [1.807, 2.05) is 31.2 Å². The minimum Gasteiger partial charge on any atom is -0.395 e. The summed E-state index contributed by atoms with van der Waals surface area (Å²) in [6.07, 6.45) is 0. The van der Waals surface area contributed by atoms with Gasteiger partial charge in [0.1, 0.15) is 0 Å². The van der Waals surface area contributed by atoms with Crippen LogP contribution in [0.25, 0.3) is 0 Å². The first-order valence-electron chi connectivity index (χ1n) is 4.90. The SMILES string of the molecule is Cc1ccc(NC(=O)CNCCO)cc1. The van der Waals surface area contributed by atoms with Crippen LogP contribution in [0.4, 0.5) is 5.69 Å². The van der Waals surface area contributed by atoms with Crippen molar-refractivity contribution in [1.82, 2.24) is 5.32 Å². The van der Waals surface area contributed by atoms with E-state index in [0.717, 1.165) is 11.3 Å². The molecule has 1 aromatic rings. The monoisotopic (exact) mass is 208 g/mol. The van der Waals surface area contributed by atoms with Crippen LogP contribution in [-0.2, 0) is 4.79 Å². The third-order valence-corrected chi connectivity index (χ3v) is 1.91. The summed E-state index contributed by atoms with van der Waals surface area (Å²) in [5, 5.41) is 14.1. The summed E-state index contributed by atoms with van der Waals surface area (Å²) >= 11 is 0. The zero-order chi connectivity index (χ0) is 11.1. The van der Waals surface area contributed by atoms with Crippen LogP contribution in [-0.4, -0.2) is 30.7 Å². The standard InChI is InChI=1S/C11H16N2O2/c1-9-2-4-10(5-3-9)13-11(15)8-12-6-7-14/h2-5,12,14H,6-8H2,1H3,(H,13,15).